The molecule has 0 radical (unpaired) electrons. The van der Waals surface area contributed by atoms with Crippen molar-refractivity contribution in [2.45, 2.75) is 39.7 Å². The van der Waals surface area contributed by atoms with E-state index in [1.165, 1.54) is 10.9 Å². The number of fused-ring (bicyclic) bond motifs is 1. The highest BCUT2D eigenvalue weighted by Gasteiger charge is 2.15. The summed E-state index contributed by atoms with van der Waals surface area (Å²) in [5.41, 5.74) is 3.28. The molecule has 3 aromatic heterocycles. The maximum Gasteiger partial charge on any atom is 0.152 e. The molecular weight excluding hydrogens is 248 g/mol. The van der Waals surface area contributed by atoms with Gasteiger partial charge >= 0.3 is 0 Å². The minimum absolute atomic E-state index is 0.393. The zero-order valence-corrected chi connectivity index (χ0v) is 12.4. The fraction of sp³-hybridized carbons (Fsp3) is 0.353. The fourth-order valence-electron chi connectivity index (χ4n) is 2.57. The van der Waals surface area contributed by atoms with Gasteiger partial charge in [0.25, 0.3) is 0 Å². The summed E-state index contributed by atoms with van der Waals surface area (Å²) in [5, 5.41) is 1.24. The van der Waals surface area contributed by atoms with Crippen molar-refractivity contribution in [1.29, 1.82) is 0 Å². The molecule has 0 aliphatic rings. The zero-order chi connectivity index (χ0) is 14.3. The molecule has 3 rings (SSSR count). The van der Waals surface area contributed by atoms with Gasteiger partial charge < -0.3 is 8.98 Å². The van der Waals surface area contributed by atoms with Gasteiger partial charge in [-0.15, -0.1) is 0 Å². The van der Waals surface area contributed by atoms with Gasteiger partial charge in [-0.05, 0) is 49.6 Å². The lowest BCUT2D eigenvalue weighted by Gasteiger charge is -2.08. The predicted octanol–water partition coefficient (Wildman–Crippen LogP) is 5.00. The van der Waals surface area contributed by atoms with Gasteiger partial charge in [0.15, 0.2) is 5.76 Å². The van der Waals surface area contributed by atoms with Gasteiger partial charge in [0.1, 0.15) is 11.3 Å². The molecule has 0 spiro atoms. The zero-order valence-electron chi connectivity index (χ0n) is 12.4. The smallest absolute Gasteiger partial charge is 0.152 e. The van der Waals surface area contributed by atoms with Crippen molar-refractivity contribution in [2.75, 3.05) is 0 Å². The maximum atomic E-state index is 5.45. The summed E-state index contributed by atoms with van der Waals surface area (Å²) < 4.78 is 7.70. The minimum atomic E-state index is 0.393. The van der Waals surface area contributed by atoms with Crippen LogP contribution >= 0.6 is 0 Å². The summed E-state index contributed by atoms with van der Waals surface area (Å²) in [5.74, 6) is 1.31. The van der Waals surface area contributed by atoms with E-state index in [0.29, 0.717) is 12.0 Å². The number of hydrogen-bond acceptors (Lipinski definition) is 2. The van der Waals surface area contributed by atoms with Gasteiger partial charge in [0.05, 0.1) is 6.26 Å². The third-order valence-corrected chi connectivity index (χ3v) is 3.66. The molecule has 3 heterocycles. The third-order valence-electron chi connectivity index (χ3n) is 3.66. The topological polar surface area (TPSA) is 31.0 Å². The first kappa shape index (κ1) is 13.0. The van der Waals surface area contributed by atoms with Crippen LogP contribution in [-0.4, -0.2) is 9.55 Å². The molecule has 0 aromatic carbocycles. The van der Waals surface area contributed by atoms with Gasteiger partial charge in [-0.3, -0.25) is 0 Å². The first-order valence-corrected chi connectivity index (χ1v) is 7.13. The number of pyridine rings is 1. The largest absolute Gasteiger partial charge is 0.463 e. The Hall–Kier alpha value is -2.03. The average Bonchev–Trinajstić information content (AvgIpc) is 3.05. The van der Waals surface area contributed by atoms with Crippen molar-refractivity contribution in [3.05, 3.63) is 42.3 Å². The second-order valence-corrected chi connectivity index (χ2v) is 5.79. The van der Waals surface area contributed by atoms with E-state index in [9.17, 15) is 0 Å². The molecule has 0 aliphatic carbocycles. The lowest BCUT2D eigenvalue weighted by atomic mass is 10.0. The number of furan rings is 1. The predicted molar refractivity (Wildman–Crippen MR) is 81.9 cm³/mol. The van der Waals surface area contributed by atoms with E-state index < -0.39 is 0 Å². The van der Waals surface area contributed by atoms with Crippen molar-refractivity contribution < 1.29 is 4.42 Å². The molecule has 3 heteroatoms. The number of nitrogens with zero attached hydrogens (tertiary/aromatic N) is 2. The molecule has 3 nitrogen and oxygen atoms in total. The molecule has 0 unspecified atom stereocenters. The molecule has 0 amide bonds. The van der Waals surface area contributed by atoms with E-state index in [-0.39, 0.29) is 0 Å². The molecule has 0 aliphatic heterocycles. The molecule has 0 saturated heterocycles. The van der Waals surface area contributed by atoms with E-state index in [0.717, 1.165) is 17.1 Å². The van der Waals surface area contributed by atoms with Crippen molar-refractivity contribution in [2.24, 2.45) is 0 Å². The monoisotopic (exact) mass is 268 g/mol. The highest BCUT2D eigenvalue weighted by molar-refractivity contribution is 5.83. The Morgan fingerprint density at radius 2 is 1.90 bits per heavy atom. The average molecular weight is 268 g/mol. The Balaban J connectivity index is 2.25. The highest BCUT2D eigenvalue weighted by atomic mass is 16.3. The van der Waals surface area contributed by atoms with Crippen molar-refractivity contribution in [3.63, 3.8) is 0 Å². The molecule has 20 heavy (non-hydrogen) atoms. The summed E-state index contributed by atoms with van der Waals surface area (Å²) in [6.45, 7) is 8.81. The van der Waals surface area contributed by atoms with Crippen LogP contribution in [0.2, 0.25) is 0 Å². The fourth-order valence-corrected chi connectivity index (χ4v) is 2.57. The van der Waals surface area contributed by atoms with Crippen LogP contribution in [0.1, 0.15) is 45.2 Å². The van der Waals surface area contributed by atoms with Crippen LogP contribution in [0.15, 0.2) is 41.1 Å². The van der Waals surface area contributed by atoms with Crippen LogP contribution in [0.4, 0.5) is 0 Å². The van der Waals surface area contributed by atoms with Crippen molar-refractivity contribution >= 4 is 11.0 Å². The first-order chi connectivity index (χ1) is 9.58. The van der Waals surface area contributed by atoms with E-state index in [2.05, 4.69) is 44.5 Å². The lowest BCUT2D eigenvalue weighted by Crippen LogP contribution is -2.00. The maximum absolute atomic E-state index is 5.45. The van der Waals surface area contributed by atoms with E-state index in [1.807, 2.05) is 18.2 Å². The quantitative estimate of drug-likeness (QED) is 0.669. The molecule has 0 fully saturated rings. The van der Waals surface area contributed by atoms with Crippen molar-refractivity contribution in [3.8, 4) is 11.5 Å². The number of hydrogen-bond donors (Lipinski definition) is 0. The van der Waals surface area contributed by atoms with Gasteiger partial charge in [-0.2, -0.15) is 0 Å². The standard InChI is InChI=1S/C17H20N2O/c1-11(2)14-10-19(12(3)4)17-13(14)7-8-15(18-17)16-6-5-9-20-16/h5-12H,1-4H3. The van der Waals surface area contributed by atoms with Crippen LogP contribution in [0.3, 0.4) is 0 Å². The minimum Gasteiger partial charge on any atom is -0.463 e. The summed E-state index contributed by atoms with van der Waals surface area (Å²) in [6.07, 6.45) is 3.92. The number of rotatable bonds is 3. The normalized spacial score (nSPS) is 11.9. The summed E-state index contributed by atoms with van der Waals surface area (Å²) in [6, 6.07) is 8.43. The van der Waals surface area contributed by atoms with E-state index >= 15 is 0 Å². The Morgan fingerprint density at radius 1 is 1.10 bits per heavy atom. The Kier molecular flexibility index (Phi) is 3.13. The van der Waals surface area contributed by atoms with Crippen molar-refractivity contribution in [1.82, 2.24) is 9.55 Å². The lowest BCUT2D eigenvalue weighted by molar-refractivity contribution is 0.579. The van der Waals surface area contributed by atoms with E-state index in [4.69, 9.17) is 9.40 Å². The molecule has 0 N–H and O–H groups in total. The Labute approximate surface area is 119 Å². The summed E-state index contributed by atoms with van der Waals surface area (Å²) >= 11 is 0. The second kappa shape index (κ2) is 4.82. The molecule has 3 aromatic rings. The Bertz CT molecular complexity index is 721. The molecule has 0 saturated carbocycles. The summed E-state index contributed by atoms with van der Waals surface area (Å²) in [4.78, 5) is 4.81. The molecule has 0 atom stereocenters. The van der Waals surface area contributed by atoms with E-state index in [1.54, 1.807) is 6.26 Å². The molecule has 104 valence electrons. The van der Waals surface area contributed by atoms with Crippen LogP contribution in [-0.2, 0) is 0 Å². The van der Waals surface area contributed by atoms with Gasteiger partial charge in [-0.25, -0.2) is 4.98 Å². The highest BCUT2D eigenvalue weighted by Crippen LogP contribution is 2.30. The number of aromatic nitrogens is 2. The van der Waals surface area contributed by atoms with Crippen LogP contribution < -0.4 is 0 Å². The van der Waals surface area contributed by atoms with Crippen LogP contribution in [0.5, 0.6) is 0 Å². The second-order valence-electron chi connectivity index (χ2n) is 5.79. The van der Waals surface area contributed by atoms with Crippen LogP contribution in [0, 0.1) is 0 Å². The van der Waals surface area contributed by atoms with Crippen LogP contribution in [0.25, 0.3) is 22.5 Å². The van der Waals surface area contributed by atoms with Gasteiger partial charge in [-0.1, -0.05) is 13.8 Å². The SMILES string of the molecule is CC(C)c1cn(C(C)C)c2nc(-c3ccco3)ccc12. The Morgan fingerprint density at radius 3 is 2.50 bits per heavy atom. The molecule has 0 bridgehead atoms. The first-order valence-electron chi connectivity index (χ1n) is 7.13. The third kappa shape index (κ3) is 2.03. The van der Waals surface area contributed by atoms with Gasteiger partial charge in [0, 0.05) is 17.6 Å². The molecular formula is C17H20N2O. The van der Waals surface area contributed by atoms with Gasteiger partial charge in [0.2, 0.25) is 0 Å². The summed E-state index contributed by atoms with van der Waals surface area (Å²) in [7, 11) is 0.